The fraction of sp³-hybridized carbons (Fsp3) is 0.625. The molecule has 4 rings (SSSR count). The molecule has 0 atom stereocenters. The number of piperazine rings is 1. The zero-order valence-electron chi connectivity index (χ0n) is 13.5. The van der Waals surface area contributed by atoms with E-state index in [1.165, 1.54) is 19.3 Å². The van der Waals surface area contributed by atoms with Gasteiger partial charge in [0.05, 0.1) is 17.9 Å². The van der Waals surface area contributed by atoms with Gasteiger partial charge in [-0.2, -0.15) is 9.61 Å². The molecule has 3 heterocycles. The van der Waals surface area contributed by atoms with E-state index in [-0.39, 0.29) is 11.4 Å². The fourth-order valence-electron chi connectivity index (χ4n) is 4.26. The summed E-state index contributed by atoms with van der Waals surface area (Å²) in [4.78, 5) is 25.1. The van der Waals surface area contributed by atoms with Crippen molar-refractivity contribution in [3.05, 3.63) is 18.7 Å². The van der Waals surface area contributed by atoms with Crippen LogP contribution in [0.3, 0.4) is 0 Å². The summed E-state index contributed by atoms with van der Waals surface area (Å²) in [6.07, 6.45) is 11.0. The maximum absolute atomic E-state index is 12.2. The lowest BCUT2D eigenvalue weighted by atomic mass is 9.78. The summed E-state index contributed by atoms with van der Waals surface area (Å²) < 4.78 is 1.84. The van der Waals surface area contributed by atoms with Gasteiger partial charge in [0.25, 0.3) is 0 Å². The van der Waals surface area contributed by atoms with Gasteiger partial charge < -0.3 is 9.80 Å². The Balaban J connectivity index is 1.69. The molecule has 23 heavy (non-hydrogen) atoms. The van der Waals surface area contributed by atoms with Crippen molar-refractivity contribution in [2.75, 3.05) is 24.5 Å². The molecule has 2 aromatic heterocycles. The Kier molecular flexibility index (Phi) is 3.43. The van der Waals surface area contributed by atoms with E-state index in [1.54, 1.807) is 19.4 Å². The van der Waals surface area contributed by atoms with Gasteiger partial charge >= 0.3 is 0 Å². The second-order valence-corrected chi connectivity index (χ2v) is 6.67. The Hall–Kier alpha value is -2.18. The number of aromatic nitrogens is 4. The topological polar surface area (TPSA) is 66.6 Å². The van der Waals surface area contributed by atoms with E-state index < -0.39 is 0 Å². The molecule has 0 N–H and O–H groups in total. The van der Waals surface area contributed by atoms with Crippen molar-refractivity contribution in [3.63, 3.8) is 0 Å². The number of hydrogen-bond acceptors (Lipinski definition) is 5. The predicted octanol–water partition coefficient (Wildman–Crippen LogP) is 1.50. The first-order valence-electron chi connectivity index (χ1n) is 8.37. The fourth-order valence-corrected chi connectivity index (χ4v) is 4.26. The molecule has 2 fully saturated rings. The first kappa shape index (κ1) is 14.4. The summed E-state index contributed by atoms with van der Waals surface area (Å²) in [5.74, 6) is 1.16. The van der Waals surface area contributed by atoms with Crippen molar-refractivity contribution >= 4 is 17.4 Å². The molecule has 1 spiro atoms. The third-order valence-electron chi connectivity index (χ3n) is 5.31. The minimum Gasteiger partial charge on any atom is -0.351 e. The summed E-state index contributed by atoms with van der Waals surface area (Å²) in [7, 11) is 0. The van der Waals surface area contributed by atoms with Gasteiger partial charge in [0.15, 0.2) is 11.5 Å². The number of fused-ring (bicyclic) bond motifs is 1. The quantitative estimate of drug-likeness (QED) is 0.798. The highest BCUT2D eigenvalue weighted by atomic mass is 16.2. The molecule has 0 aromatic carbocycles. The maximum Gasteiger partial charge on any atom is 0.220 e. The highest BCUT2D eigenvalue weighted by molar-refractivity contribution is 5.75. The number of carbonyl (C=O) groups excluding carboxylic acids is 1. The highest BCUT2D eigenvalue weighted by Crippen LogP contribution is 2.37. The third-order valence-corrected chi connectivity index (χ3v) is 5.31. The van der Waals surface area contributed by atoms with Crippen molar-refractivity contribution in [1.29, 1.82) is 0 Å². The van der Waals surface area contributed by atoms with Gasteiger partial charge in [-0.25, -0.2) is 4.98 Å². The van der Waals surface area contributed by atoms with Crippen LogP contribution in [0.2, 0.25) is 0 Å². The molecule has 0 radical (unpaired) electrons. The first-order valence-corrected chi connectivity index (χ1v) is 8.37. The van der Waals surface area contributed by atoms with E-state index in [2.05, 4.69) is 24.9 Å². The Morgan fingerprint density at radius 1 is 1.17 bits per heavy atom. The zero-order chi connectivity index (χ0) is 15.9. The number of amides is 1. The van der Waals surface area contributed by atoms with E-state index in [0.717, 1.165) is 43.9 Å². The third kappa shape index (κ3) is 2.34. The second kappa shape index (κ2) is 5.47. The predicted molar refractivity (Wildman–Crippen MR) is 86.2 cm³/mol. The Bertz CT molecular complexity index is 720. The van der Waals surface area contributed by atoms with Gasteiger partial charge in [-0.05, 0) is 12.8 Å². The smallest absolute Gasteiger partial charge is 0.220 e. The lowest BCUT2D eigenvalue weighted by Gasteiger charge is -2.53. The average Bonchev–Trinajstić information content (AvgIpc) is 3.03. The molecular weight excluding hydrogens is 292 g/mol. The average molecular weight is 314 g/mol. The van der Waals surface area contributed by atoms with Crippen molar-refractivity contribution in [2.45, 2.75) is 44.6 Å². The second-order valence-electron chi connectivity index (χ2n) is 6.67. The van der Waals surface area contributed by atoms with Crippen molar-refractivity contribution in [3.8, 4) is 0 Å². The largest absolute Gasteiger partial charge is 0.351 e. The number of carbonyl (C=O) groups is 1. The van der Waals surface area contributed by atoms with E-state index in [4.69, 9.17) is 0 Å². The Labute approximate surface area is 135 Å². The maximum atomic E-state index is 12.2. The van der Waals surface area contributed by atoms with Crippen LogP contribution >= 0.6 is 0 Å². The van der Waals surface area contributed by atoms with E-state index >= 15 is 0 Å². The van der Waals surface area contributed by atoms with Crippen molar-refractivity contribution < 1.29 is 4.79 Å². The minimum atomic E-state index is -0.0366. The molecule has 2 aliphatic rings. The summed E-state index contributed by atoms with van der Waals surface area (Å²) >= 11 is 0. The highest BCUT2D eigenvalue weighted by Gasteiger charge is 2.44. The molecule has 1 saturated heterocycles. The molecule has 0 unspecified atom stereocenters. The lowest BCUT2D eigenvalue weighted by molar-refractivity contribution is -0.137. The van der Waals surface area contributed by atoms with Crippen molar-refractivity contribution in [1.82, 2.24) is 24.5 Å². The molecule has 1 saturated carbocycles. The lowest BCUT2D eigenvalue weighted by Crippen LogP contribution is -2.64. The zero-order valence-corrected chi connectivity index (χ0v) is 13.5. The van der Waals surface area contributed by atoms with Gasteiger partial charge in [0.2, 0.25) is 5.91 Å². The van der Waals surface area contributed by atoms with Crippen LogP contribution in [0.4, 0.5) is 5.82 Å². The van der Waals surface area contributed by atoms with Crippen LogP contribution in [-0.4, -0.2) is 55.6 Å². The standard InChI is InChI=1S/C16H22N6O/c1-13(23)21-8-7-20(11-16(21)5-3-2-4-6-16)15-10-17-9-14-18-12-19-22(14)15/h9-10,12H,2-8,11H2,1H3. The van der Waals surface area contributed by atoms with Crippen LogP contribution in [0.25, 0.3) is 5.65 Å². The van der Waals surface area contributed by atoms with Crippen LogP contribution in [0.5, 0.6) is 0 Å². The number of anilines is 1. The molecule has 0 bridgehead atoms. The molecule has 122 valence electrons. The SMILES string of the molecule is CC(=O)N1CCN(c2cncc3ncnn23)CC12CCCCC2. The molecule has 2 aromatic rings. The van der Waals surface area contributed by atoms with Crippen LogP contribution in [0.1, 0.15) is 39.0 Å². The van der Waals surface area contributed by atoms with E-state index in [9.17, 15) is 4.79 Å². The van der Waals surface area contributed by atoms with Crippen LogP contribution in [-0.2, 0) is 4.79 Å². The molecule has 1 aliphatic heterocycles. The van der Waals surface area contributed by atoms with Gasteiger partial charge in [-0.15, -0.1) is 0 Å². The first-order chi connectivity index (χ1) is 11.2. The molecule has 7 heteroatoms. The Morgan fingerprint density at radius 3 is 2.78 bits per heavy atom. The minimum absolute atomic E-state index is 0.0366. The van der Waals surface area contributed by atoms with Gasteiger partial charge in [0.1, 0.15) is 6.33 Å². The number of rotatable bonds is 1. The Morgan fingerprint density at radius 2 is 2.00 bits per heavy atom. The van der Waals surface area contributed by atoms with Gasteiger partial charge in [-0.1, -0.05) is 19.3 Å². The molecule has 1 amide bonds. The summed E-state index contributed by atoms with van der Waals surface area (Å²) in [6, 6.07) is 0. The molecular formula is C16H22N6O. The van der Waals surface area contributed by atoms with Gasteiger partial charge in [-0.3, -0.25) is 9.78 Å². The normalized spacial score (nSPS) is 21.1. The molecule has 1 aliphatic carbocycles. The van der Waals surface area contributed by atoms with Crippen LogP contribution in [0.15, 0.2) is 18.7 Å². The number of nitrogens with zero attached hydrogens (tertiary/aromatic N) is 6. The van der Waals surface area contributed by atoms with E-state index in [1.807, 2.05) is 10.7 Å². The number of hydrogen-bond donors (Lipinski definition) is 0. The van der Waals surface area contributed by atoms with Crippen LogP contribution < -0.4 is 4.90 Å². The summed E-state index contributed by atoms with van der Waals surface area (Å²) in [5, 5.41) is 4.32. The summed E-state index contributed by atoms with van der Waals surface area (Å²) in [5.41, 5.74) is 0.722. The molecule has 7 nitrogen and oxygen atoms in total. The monoisotopic (exact) mass is 314 g/mol. The van der Waals surface area contributed by atoms with Crippen molar-refractivity contribution in [2.24, 2.45) is 0 Å². The summed E-state index contributed by atoms with van der Waals surface area (Å²) in [6.45, 7) is 4.13. The van der Waals surface area contributed by atoms with Crippen LogP contribution in [0, 0.1) is 0 Å². The van der Waals surface area contributed by atoms with Gasteiger partial charge in [0, 0.05) is 26.6 Å². The van der Waals surface area contributed by atoms with E-state index in [0.29, 0.717) is 0 Å².